The van der Waals surface area contributed by atoms with Gasteiger partial charge in [-0.15, -0.1) is 0 Å². The molecule has 3 nitrogen and oxygen atoms in total. The summed E-state index contributed by atoms with van der Waals surface area (Å²) in [7, 11) is -1.79. The summed E-state index contributed by atoms with van der Waals surface area (Å²) in [6.07, 6.45) is 1.34. The molecule has 0 amide bonds. The smallest absolute Gasteiger partial charge is 0.402 e. The zero-order valence-electron chi connectivity index (χ0n) is 23.9. The van der Waals surface area contributed by atoms with Crippen LogP contribution in [0.1, 0.15) is 46.2 Å². The summed E-state index contributed by atoms with van der Waals surface area (Å²) in [6.45, 7) is 6.75. The van der Waals surface area contributed by atoms with E-state index in [1.807, 2.05) is 0 Å². The molecule has 6 rings (SSSR count). The Morgan fingerprint density at radius 3 is 1.20 bits per heavy atom. The predicted molar refractivity (Wildman–Crippen MR) is 171 cm³/mol. The number of fused-ring (bicyclic) bond motifs is 3. The summed E-state index contributed by atoms with van der Waals surface area (Å²) >= 11 is 0. The minimum absolute atomic E-state index is 0.233. The van der Waals surface area contributed by atoms with Crippen molar-refractivity contribution in [2.75, 3.05) is 6.61 Å². The Morgan fingerprint density at radius 2 is 0.854 bits per heavy atom. The van der Waals surface area contributed by atoms with E-state index in [4.69, 9.17) is 4.65 Å². The van der Waals surface area contributed by atoms with Crippen molar-refractivity contribution in [1.82, 2.24) is 0 Å². The molecule has 0 heterocycles. The third-order valence-corrected chi connectivity index (χ3v) is 8.77. The highest BCUT2D eigenvalue weighted by molar-refractivity contribution is 6.32. The van der Waals surface area contributed by atoms with E-state index in [1.165, 1.54) is 65.7 Å². The lowest BCUT2D eigenvalue weighted by Gasteiger charge is -2.39. The van der Waals surface area contributed by atoms with Crippen molar-refractivity contribution in [2.24, 2.45) is 0 Å². The molecule has 204 valence electrons. The Hall–Kier alpha value is -3.96. The van der Waals surface area contributed by atoms with Gasteiger partial charge in [0.15, 0.2) is 0 Å². The lowest BCUT2D eigenvalue weighted by molar-refractivity contribution is 0.179. The molecule has 0 spiro atoms. The van der Waals surface area contributed by atoms with Gasteiger partial charge in [0.1, 0.15) is 0 Å². The van der Waals surface area contributed by atoms with Gasteiger partial charge in [-0.25, -0.2) is 0 Å². The summed E-state index contributed by atoms with van der Waals surface area (Å²) in [5.74, 6) is 0. The van der Waals surface area contributed by atoms with Crippen molar-refractivity contribution in [2.45, 2.75) is 39.0 Å². The molecule has 0 aliphatic carbocycles. The lowest BCUT2D eigenvalue weighted by Crippen LogP contribution is -2.31. The SMILES string of the molecule is Cc1ccc(C(CCCOB(O)O)(c2ccc(C)c3ccccc23)c2ccc(C)c3ccccc23)c2ccccc12. The Morgan fingerprint density at radius 1 is 0.512 bits per heavy atom. The van der Waals surface area contributed by atoms with Crippen molar-refractivity contribution in [3.05, 3.63) is 143 Å². The van der Waals surface area contributed by atoms with Crippen LogP contribution in [0.15, 0.2) is 109 Å². The van der Waals surface area contributed by atoms with Crippen molar-refractivity contribution in [3.63, 3.8) is 0 Å². The first-order valence-electron chi connectivity index (χ1n) is 14.4. The van der Waals surface area contributed by atoms with Gasteiger partial charge in [-0.3, -0.25) is 0 Å². The number of aryl methyl sites for hydroxylation is 3. The maximum Gasteiger partial charge on any atom is 0.633 e. The van der Waals surface area contributed by atoms with Gasteiger partial charge in [-0.05, 0) is 99.3 Å². The lowest BCUT2D eigenvalue weighted by atomic mass is 9.63. The molecular weight excluding hydrogens is 503 g/mol. The van der Waals surface area contributed by atoms with Gasteiger partial charge in [-0.2, -0.15) is 0 Å². The summed E-state index contributed by atoms with van der Waals surface area (Å²) in [6, 6.07) is 39.7. The van der Waals surface area contributed by atoms with Gasteiger partial charge in [0.25, 0.3) is 0 Å². The third kappa shape index (κ3) is 4.72. The predicted octanol–water partition coefficient (Wildman–Crippen LogP) is 8.17. The van der Waals surface area contributed by atoms with E-state index >= 15 is 0 Å². The molecule has 6 aromatic rings. The van der Waals surface area contributed by atoms with E-state index in [9.17, 15) is 10.0 Å². The summed E-state index contributed by atoms with van der Waals surface area (Å²) < 4.78 is 5.28. The molecule has 0 bridgehead atoms. The highest BCUT2D eigenvalue weighted by Gasteiger charge is 2.40. The van der Waals surface area contributed by atoms with E-state index in [1.54, 1.807) is 0 Å². The highest BCUT2D eigenvalue weighted by atomic mass is 16.6. The standard InChI is InChI=1S/C37H35BO3/c1-25-17-20-34(31-14-7-4-11-28(25)31)37(23-10-24-41-38(39)40,35-21-18-26(2)29-12-5-8-15-32(29)35)36-22-19-27(3)30-13-6-9-16-33(30)36/h4-9,11-22,39-40H,10,23-24H2,1-3H3. The van der Waals surface area contributed by atoms with E-state index in [-0.39, 0.29) is 6.61 Å². The fourth-order valence-corrected chi connectivity index (χ4v) is 6.83. The maximum atomic E-state index is 9.48. The molecule has 0 aliphatic rings. The molecule has 41 heavy (non-hydrogen) atoms. The summed E-state index contributed by atoms with van der Waals surface area (Å²) in [4.78, 5) is 0. The van der Waals surface area contributed by atoms with Crippen LogP contribution in [0.5, 0.6) is 0 Å². The molecule has 2 N–H and O–H groups in total. The molecule has 0 fully saturated rings. The van der Waals surface area contributed by atoms with Gasteiger partial charge >= 0.3 is 7.32 Å². The Bertz CT molecular complexity index is 1670. The van der Waals surface area contributed by atoms with Crippen LogP contribution in [-0.4, -0.2) is 24.0 Å². The first kappa shape index (κ1) is 27.2. The molecular formula is C37H35BO3. The molecule has 0 radical (unpaired) electrons. The quantitative estimate of drug-likeness (QED) is 0.117. The first-order valence-corrected chi connectivity index (χ1v) is 14.4. The largest absolute Gasteiger partial charge is 0.633 e. The molecule has 6 aromatic carbocycles. The molecule has 4 heteroatoms. The number of benzene rings is 6. The fourth-order valence-electron chi connectivity index (χ4n) is 6.83. The van der Waals surface area contributed by atoms with Crippen molar-refractivity contribution in [1.29, 1.82) is 0 Å². The average Bonchev–Trinajstić information content (AvgIpc) is 2.99. The normalized spacial score (nSPS) is 11.9. The summed E-state index contributed by atoms with van der Waals surface area (Å²) in [5, 5.41) is 26.4. The Labute approximate surface area is 242 Å². The molecule has 0 saturated carbocycles. The van der Waals surface area contributed by atoms with Gasteiger partial charge in [0.05, 0.1) is 0 Å². The maximum absolute atomic E-state index is 9.48. The van der Waals surface area contributed by atoms with Gasteiger partial charge in [0.2, 0.25) is 0 Å². The van der Waals surface area contributed by atoms with Crippen LogP contribution in [0.3, 0.4) is 0 Å². The van der Waals surface area contributed by atoms with E-state index < -0.39 is 12.7 Å². The molecule has 0 atom stereocenters. The van der Waals surface area contributed by atoms with Crippen molar-refractivity contribution >= 4 is 39.6 Å². The van der Waals surface area contributed by atoms with Crippen LogP contribution in [0.4, 0.5) is 0 Å². The van der Waals surface area contributed by atoms with Crippen LogP contribution >= 0.6 is 0 Å². The van der Waals surface area contributed by atoms with Gasteiger partial charge < -0.3 is 14.7 Å². The molecule has 0 unspecified atom stereocenters. The van der Waals surface area contributed by atoms with Gasteiger partial charge in [0, 0.05) is 12.0 Å². The number of hydrogen-bond acceptors (Lipinski definition) is 3. The van der Waals surface area contributed by atoms with Crippen molar-refractivity contribution in [3.8, 4) is 0 Å². The molecule has 0 aliphatic heterocycles. The van der Waals surface area contributed by atoms with Crippen LogP contribution in [0, 0.1) is 20.8 Å². The van der Waals surface area contributed by atoms with Crippen LogP contribution in [0.2, 0.25) is 0 Å². The second-order valence-corrected chi connectivity index (χ2v) is 11.1. The van der Waals surface area contributed by atoms with Crippen LogP contribution in [0.25, 0.3) is 32.3 Å². The third-order valence-electron chi connectivity index (χ3n) is 8.77. The number of rotatable bonds is 8. The van der Waals surface area contributed by atoms with Crippen molar-refractivity contribution < 1.29 is 14.7 Å². The topological polar surface area (TPSA) is 49.7 Å². The fraction of sp³-hybridized carbons (Fsp3) is 0.189. The Balaban J connectivity index is 1.79. The Kier molecular flexibility index (Phi) is 7.40. The van der Waals surface area contributed by atoms with Crippen LogP contribution in [-0.2, 0) is 10.1 Å². The summed E-state index contributed by atoms with van der Waals surface area (Å²) in [5.41, 5.74) is 6.90. The zero-order valence-corrected chi connectivity index (χ0v) is 23.9. The number of hydrogen-bond donors (Lipinski definition) is 2. The average molecular weight is 538 g/mol. The highest BCUT2D eigenvalue weighted by Crippen LogP contribution is 2.50. The minimum Gasteiger partial charge on any atom is -0.402 e. The second kappa shape index (κ2) is 11.1. The van der Waals surface area contributed by atoms with E-state index in [2.05, 4.69) is 130 Å². The van der Waals surface area contributed by atoms with Crippen LogP contribution < -0.4 is 0 Å². The zero-order chi connectivity index (χ0) is 28.6. The van der Waals surface area contributed by atoms with E-state index in [0.717, 1.165) is 0 Å². The monoisotopic (exact) mass is 538 g/mol. The first-order chi connectivity index (χ1) is 19.9. The second-order valence-electron chi connectivity index (χ2n) is 11.1. The molecule has 0 aromatic heterocycles. The molecule has 0 saturated heterocycles. The minimum atomic E-state index is -1.79. The van der Waals surface area contributed by atoms with Gasteiger partial charge in [-0.1, -0.05) is 109 Å². The van der Waals surface area contributed by atoms with E-state index in [0.29, 0.717) is 12.8 Å².